The van der Waals surface area contributed by atoms with Gasteiger partial charge in [0.05, 0.1) is 12.1 Å². The van der Waals surface area contributed by atoms with Crippen LogP contribution in [0.15, 0.2) is 84.9 Å². The topological polar surface area (TPSA) is 15.3 Å². The van der Waals surface area contributed by atoms with E-state index in [0.29, 0.717) is 12.1 Å². The molecule has 1 N–H and O–H groups in total. The fraction of sp³-hybridized carbons (Fsp3) is 0.217. The standard InChI is InChI=1S/C23H24N2/c1-25(21-14-6-3-7-15-21)23-17-19-11-9-8-10-18(19)16-22(23)24-20-12-4-2-5-13-20/h2-15,22-24H,16-17H2,1H3/t22-,23-/m1/s1. The van der Waals surface area contributed by atoms with Crippen LogP contribution < -0.4 is 10.2 Å². The second-order valence-corrected chi connectivity index (χ2v) is 6.81. The minimum Gasteiger partial charge on any atom is -0.380 e. The Labute approximate surface area is 150 Å². The van der Waals surface area contributed by atoms with Crippen molar-refractivity contribution in [2.75, 3.05) is 17.3 Å². The van der Waals surface area contributed by atoms with Crippen molar-refractivity contribution in [3.63, 3.8) is 0 Å². The maximum Gasteiger partial charge on any atom is 0.0531 e. The molecule has 126 valence electrons. The molecule has 2 atom stereocenters. The number of benzene rings is 3. The number of hydrogen-bond acceptors (Lipinski definition) is 2. The molecule has 0 unspecified atom stereocenters. The number of anilines is 2. The Morgan fingerprint density at radius 3 is 1.96 bits per heavy atom. The van der Waals surface area contributed by atoms with E-state index >= 15 is 0 Å². The number of fused-ring (bicyclic) bond motifs is 1. The molecule has 0 fully saturated rings. The Morgan fingerprint density at radius 1 is 0.720 bits per heavy atom. The summed E-state index contributed by atoms with van der Waals surface area (Å²) in [5, 5.41) is 3.78. The van der Waals surface area contributed by atoms with Gasteiger partial charge in [0.1, 0.15) is 0 Å². The molecule has 0 aromatic heterocycles. The molecule has 25 heavy (non-hydrogen) atoms. The molecule has 0 saturated carbocycles. The number of rotatable bonds is 4. The number of hydrogen-bond donors (Lipinski definition) is 1. The molecule has 0 amide bonds. The summed E-state index contributed by atoms with van der Waals surface area (Å²) in [7, 11) is 2.22. The van der Waals surface area contributed by atoms with E-state index in [0.717, 1.165) is 12.8 Å². The van der Waals surface area contributed by atoms with Crippen LogP contribution in [0.3, 0.4) is 0 Å². The maximum absolute atomic E-state index is 3.78. The first-order valence-corrected chi connectivity index (χ1v) is 8.97. The average molecular weight is 328 g/mol. The highest BCUT2D eigenvalue weighted by atomic mass is 15.2. The minimum absolute atomic E-state index is 0.377. The van der Waals surface area contributed by atoms with E-state index in [4.69, 9.17) is 0 Å². The van der Waals surface area contributed by atoms with Crippen LogP contribution in [0.25, 0.3) is 0 Å². The second-order valence-electron chi connectivity index (χ2n) is 6.81. The van der Waals surface area contributed by atoms with Gasteiger partial charge in [-0.1, -0.05) is 60.7 Å². The normalized spacial score (nSPS) is 19.1. The van der Waals surface area contributed by atoms with Gasteiger partial charge in [0.25, 0.3) is 0 Å². The van der Waals surface area contributed by atoms with E-state index in [-0.39, 0.29) is 0 Å². The zero-order valence-corrected chi connectivity index (χ0v) is 14.6. The van der Waals surface area contributed by atoms with Gasteiger partial charge < -0.3 is 10.2 Å². The first-order chi connectivity index (χ1) is 12.3. The molecule has 0 bridgehead atoms. The molecular weight excluding hydrogens is 304 g/mol. The highest BCUT2D eigenvalue weighted by Gasteiger charge is 2.31. The summed E-state index contributed by atoms with van der Waals surface area (Å²) >= 11 is 0. The SMILES string of the molecule is CN(c1ccccc1)[C@@H]1Cc2ccccc2C[C@H]1Nc1ccccc1. The van der Waals surface area contributed by atoms with Crippen LogP contribution in [-0.4, -0.2) is 19.1 Å². The predicted molar refractivity (Wildman–Crippen MR) is 106 cm³/mol. The van der Waals surface area contributed by atoms with Crippen molar-refractivity contribution in [1.29, 1.82) is 0 Å². The third kappa shape index (κ3) is 3.39. The van der Waals surface area contributed by atoms with Gasteiger partial charge in [0.2, 0.25) is 0 Å². The lowest BCUT2D eigenvalue weighted by Crippen LogP contribution is -2.50. The largest absolute Gasteiger partial charge is 0.380 e. The maximum atomic E-state index is 3.78. The minimum atomic E-state index is 0.377. The van der Waals surface area contributed by atoms with Gasteiger partial charge in [-0.05, 0) is 48.2 Å². The molecule has 0 heterocycles. The molecule has 2 heteroatoms. The van der Waals surface area contributed by atoms with Crippen molar-refractivity contribution < 1.29 is 0 Å². The van der Waals surface area contributed by atoms with Gasteiger partial charge >= 0.3 is 0 Å². The zero-order valence-electron chi connectivity index (χ0n) is 14.6. The van der Waals surface area contributed by atoms with Crippen molar-refractivity contribution in [2.45, 2.75) is 24.9 Å². The lowest BCUT2D eigenvalue weighted by molar-refractivity contribution is 0.498. The van der Waals surface area contributed by atoms with Gasteiger partial charge in [-0.3, -0.25) is 0 Å². The molecule has 2 nitrogen and oxygen atoms in total. The lowest BCUT2D eigenvalue weighted by Gasteiger charge is -2.41. The van der Waals surface area contributed by atoms with Gasteiger partial charge in [0, 0.05) is 18.4 Å². The summed E-state index contributed by atoms with van der Waals surface area (Å²) in [5.74, 6) is 0. The molecule has 0 spiro atoms. The van der Waals surface area contributed by atoms with E-state index in [1.807, 2.05) is 0 Å². The Bertz CT molecular complexity index is 814. The summed E-state index contributed by atoms with van der Waals surface area (Å²) in [6, 6.07) is 30.9. The highest BCUT2D eigenvalue weighted by Crippen LogP contribution is 2.29. The van der Waals surface area contributed by atoms with Crippen LogP contribution in [0.2, 0.25) is 0 Å². The molecule has 1 aliphatic rings. The fourth-order valence-electron chi connectivity index (χ4n) is 3.85. The Balaban J connectivity index is 1.65. The summed E-state index contributed by atoms with van der Waals surface area (Å²) < 4.78 is 0. The monoisotopic (exact) mass is 328 g/mol. The second kappa shape index (κ2) is 7.02. The van der Waals surface area contributed by atoms with Gasteiger partial charge in [-0.2, -0.15) is 0 Å². The first kappa shape index (κ1) is 15.8. The van der Waals surface area contributed by atoms with Crippen LogP contribution in [0, 0.1) is 0 Å². The summed E-state index contributed by atoms with van der Waals surface area (Å²) in [4.78, 5) is 2.43. The van der Waals surface area contributed by atoms with Crippen molar-refractivity contribution in [3.8, 4) is 0 Å². The van der Waals surface area contributed by atoms with Crippen molar-refractivity contribution in [3.05, 3.63) is 96.1 Å². The van der Waals surface area contributed by atoms with Gasteiger partial charge in [-0.15, -0.1) is 0 Å². The van der Waals surface area contributed by atoms with E-state index in [2.05, 4.69) is 102 Å². The third-order valence-electron chi connectivity index (χ3n) is 5.24. The molecule has 0 radical (unpaired) electrons. The Hall–Kier alpha value is -2.74. The van der Waals surface area contributed by atoms with E-state index in [9.17, 15) is 0 Å². The van der Waals surface area contributed by atoms with Crippen LogP contribution in [0.5, 0.6) is 0 Å². The van der Waals surface area contributed by atoms with E-state index in [1.54, 1.807) is 0 Å². The predicted octanol–water partition coefficient (Wildman–Crippen LogP) is 4.77. The molecule has 4 rings (SSSR count). The van der Waals surface area contributed by atoms with Crippen LogP contribution in [0.4, 0.5) is 11.4 Å². The van der Waals surface area contributed by atoms with E-state index in [1.165, 1.54) is 22.5 Å². The molecule has 0 aliphatic heterocycles. The highest BCUT2D eigenvalue weighted by molar-refractivity contribution is 5.51. The lowest BCUT2D eigenvalue weighted by atomic mass is 9.83. The quantitative estimate of drug-likeness (QED) is 0.742. The smallest absolute Gasteiger partial charge is 0.0531 e. The third-order valence-corrected chi connectivity index (χ3v) is 5.24. The first-order valence-electron chi connectivity index (χ1n) is 8.97. The number of para-hydroxylation sites is 2. The summed E-state index contributed by atoms with van der Waals surface area (Å²) in [6.07, 6.45) is 2.11. The molecule has 0 saturated heterocycles. The van der Waals surface area contributed by atoms with Crippen molar-refractivity contribution in [1.82, 2.24) is 0 Å². The number of nitrogens with zero attached hydrogens (tertiary/aromatic N) is 1. The average Bonchev–Trinajstić information content (AvgIpc) is 2.68. The Morgan fingerprint density at radius 2 is 1.28 bits per heavy atom. The fourth-order valence-corrected chi connectivity index (χ4v) is 3.85. The van der Waals surface area contributed by atoms with E-state index < -0.39 is 0 Å². The van der Waals surface area contributed by atoms with Crippen LogP contribution >= 0.6 is 0 Å². The number of likely N-dealkylation sites (N-methyl/N-ethyl adjacent to an activating group) is 1. The van der Waals surface area contributed by atoms with Crippen molar-refractivity contribution >= 4 is 11.4 Å². The van der Waals surface area contributed by atoms with Crippen LogP contribution in [-0.2, 0) is 12.8 Å². The van der Waals surface area contributed by atoms with Crippen LogP contribution in [0.1, 0.15) is 11.1 Å². The molecule has 3 aromatic rings. The summed E-state index contributed by atoms with van der Waals surface area (Å²) in [6.45, 7) is 0. The van der Waals surface area contributed by atoms with Gasteiger partial charge in [-0.25, -0.2) is 0 Å². The van der Waals surface area contributed by atoms with Gasteiger partial charge in [0.15, 0.2) is 0 Å². The van der Waals surface area contributed by atoms with Crippen molar-refractivity contribution in [2.24, 2.45) is 0 Å². The molecular formula is C23H24N2. The molecule has 3 aromatic carbocycles. The number of nitrogens with one attached hydrogen (secondary N) is 1. The zero-order chi connectivity index (χ0) is 17.1. The Kier molecular flexibility index (Phi) is 4.43. The summed E-state index contributed by atoms with van der Waals surface area (Å²) in [5.41, 5.74) is 5.40. The molecule has 1 aliphatic carbocycles.